The van der Waals surface area contributed by atoms with Crippen LogP contribution in [0.3, 0.4) is 0 Å². The lowest BCUT2D eigenvalue weighted by Crippen LogP contribution is -2.00. The molecule has 1 N–H and O–H groups in total. The number of hydrogen-bond acceptors (Lipinski definition) is 5. The van der Waals surface area contributed by atoms with E-state index in [1.807, 2.05) is 22.6 Å². The molecule has 0 fully saturated rings. The zero-order valence-corrected chi connectivity index (χ0v) is 13.2. The maximum atomic E-state index is 11.6. The Morgan fingerprint density at radius 3 is 2.65 bits per heavy atom. The number of H-pyrrole nitrogens is 1. The molecule has 17 heavy (non-hydrogen) atoms. The number of rotatable bonds is 2. The van der Waals surface area contributed by atoms with Crippen LogP contribution >= 0.6 is 49.2 Å². The second-order valence-corrected chi connectivity index (χ2v) is 7.44. The van der Waals surface area contributed by atoms with Crippen LogP contribution in [0.15, 0.2) is 21.5 Å². The lowest BCUT2D eigenvalue weighted by Gasteiger charge is -2.08. The van der Waals surface area contributed by atoms with E-state index < -0.39 is 9.05 Å². The molecule has 0 aliphatic carbocycles. The van der Waals surface area contributed by atoms with Crippen molar-refractivity contribution in [2.45, 2.75) is 4.90 Å². The minimum atomic E-state index is -3.91. The molecule has 2 rings (SSSR count). The van der Waals surface area contributed by atoms with Crippen molar-refractivity contribution in [3.05, 3.63) is 20.2 Å². The molecule has 0 aliphatic rings. The molecular weight excluding hydrogens is 446 g/mol. The molecule has 0 saturated heterocycles. The topological polar surface area (TPSA) is 88.6 Å². The molecular formula is C7H3BrClIN4O2S. The molecule has 0 aliphatic heterocycles. The Labute approximate surface area is 123 Å². The predicted molar refractivity (Wildman–Crippen MR) is 73.1 cm³/mol. The van der Waals surface area contributed by atoms with Gasteiger partial charge in [-0.15, -0.1) is 5.10 Å². The Balaban J connectivity index is 2.87. The van der Waals surface area contributed by atoms with Crippen LogP contribution in [0.25, 0.3) is 11.4 Å². The molecule has 0 bridgehead atoms. The van der Waals surface area contributed by atoms with Crippen LogP contribution in [0.5, 0.6) is 0 Å². The fourth-order valence-corrected chi connectivity index (χ4v) is 4.63. The van der Waals surface area contributed by atoms with Crippen molar-refractivity contribution in [1.82, 2.24) is 20.6 Å². The van der Waals surface area contributed by atoms with Gasteiger partial charge < -0.3 is 0 Å². The summed E-state index contributed by atoms with van der Waals surface area (Å²) >= 11 is 5.14. The summed E-state index contributed by atoms with van der Waals surface area (Å²) in [5.74, 6) is 0.245. The molecule has 1 aromatic carbocycles. The Kier molecular flexibility index (Phi) is 3.71. The van der Waals surface area contributed by atoms with Crippen molar-refractivity contribution in [2.24, 2.45) is 0 Å². The van der Waals surface area contributed by atoms with Crippen LogP contribution in [-0.4, -0.2) is 29.0 Å². The largest absolute Gasteiger partial charge is 0.263 e. The average Bonchev–Trinajstić information content (AvgIpc) is 2.72. The molecule has 0 saturated carbocycles. The summed E-state index contributed by atoms with van der Waals surface area (Å²) in [6.45, 7) is 0. The fourth-order valence-electron chi connectivity index (χ4n) is 1.26. The first kappa shape index (κ1) is 13.2. The molecule has 0 atom stereocenters. The number of tetrazole rings is 1. The van der Waals surface area contributed by atoms with E-state index in [9.17, 15) is 8.42 Å². The zero-order chi connectivity index (χ0) is 12.6. The number of aromatic amines is 1. The Morgan fingerprint density at radius 1 is 1.41 bits per heavy atom. The number of aromatic nitrogens is 4. The summed E-state index contributed by atoms with van der Waals surface area (Å²) in [4.78, 5) is -0.0513. The van der Waals surface area contributed by atoms with Crippen LogP contribution in [-0.2, 0) is 9.05 Å². The van der Waals surface area contributed by atoms with E-state index in [2.05, 4.69) is 36.6 Å². The van der Waals surface area contributed by atoms with Crippen molar-refractivity contribution in [3.63, 3.8) is 0 Å². The second-order valence-electron chi connectivity index (χ2n) is 2.92. The molecule has 1 aromatic heterocycles. The number of nitrogens with zero attached hydrogens (tertiary/aromatic N) is 3. The van der Waals surface area contributed by atoms with Crippen molar-refractivity contribution >= 4 is 58.3 Å². The molecule has 0 spiro atoms. The van der Waals surface area contributed by atoms with E-state index in [1.54, 1.807) is 12.1 Å². The van der Waals surface area contributed by atoms with Gasteiger partial charge in [0.15, 0.2) is 5.82 Å². The van der Waals surface area contributed by atoms with E-state index in [1.165, 1.54) is 0 Å². The molecule has 0 amide bonds. The van der Waals surface area contributed by atoms with Gasteiger partial charge in [0.25, 0.3) is 9.05 Å². The first-order valence-electron chi connectivity index (χ1n) is 4.08. The highest BCUT2D eigenvalue weighted by Gasteiger charge is 2.24. The number of halogens is 3. The van der Waals surface area contributed by atoms with Gasteiger partial charge in [-0.05, 0) is 61.1 Å². The molecule has 0 radical (unpaired) electrons. The second kappa shape index (κ2) is 4.78. The summed E-state index contributed by atoms with van der Waals surface area (Å²) in [5, 5.41) is 13.0. The minimum absolute atomic E-state index is 0.0513. The van der Waals surface area contributed by atoms with Gasteiger partial charge in [-0.2, -0.15) is 0 Å². The quantitative estimate of drug-likeness (QED) is 0.561. The molecule has 6 nitrogen and oxygen atoms in total. The highest BCUT2D eigenvalue weighted by molar-refractivity contribution is 14.1. The van der Waals surface area contributed by atoms with Crippen molar-refractivity contribution in [3.8, 4) is 11.4 Å². The first-order valence-corrected chi connectivity index (χ1v) is 8.26. The van der Waals surface area contributed by atoms with Crippen molar-refractivity contribution in [1.29, 1.82) is 0 Å². The lowest BCUT2D eigenvalue weighted by molar-refractivity contribution is 0.609. The van der Waals surface area contributed by atoms with Gasteiger partial charge in [-0.3, -0.25) is 0 Å². The summed E-state index contributed by atoms with van der Waals surface area (Å²) in [6.07, 6.45) is 0. The van der Waals surface area contributed by atoms with Gasteiger partial charge in [0, 0.05) is 18.7 Å². The maximum Gasteiger partial charge on any atom is 0.263 e. The standard InChI is InChI=1S/C7H3BrClIN4O2S/c8-3-1-2-4(10)5(6(3)17(9,15)16)7-11-13-14-12-7/h1-2H,(H,11,12,13,14). The van der Waals surface area contributed by atoms with E-state index in [-0.39, 0.29) is 10.7 Å². The van der Waals surface area contributed by atoms with Gasteiger partial charge in [-0.25, -0.2) is 13.5 Å². The highest BCUT2D eigenvalue weighted by atomic mass is 127. The van der Waals surface area contributed by atoms with Crippen molar-refractivity contribution in [2.75, 3.05) is 0 Å². The number of nitrogens with one attached hydrogen (secondary N) is 1. The van der Waals surface area contributed by atoms with Crippen LogP contribution in [0.4, 0.5) is 0 Å². The number of benzene rings is 1. The highest BCUT2D eigenvalue weighted by Crippen LogP contribution is 2.36. The Bertz CT molecular complexity index is 661. The van der Waals surface area contributed by atoms with E-state index in [4.69, 9.17) is 10.7 Å². The first-order chi connectivity index (χ1) is 7.91. The summed E-state index contributed by atoms with van der Waals surface area (Å²) < 4.78 is 24.2. The van der Waals surface area contributed by atoms with Gasteiger partial charge in [-0.1, -0.05) is 0 Å². The molecule has 0 unspecified atom stereocenters. The van der Waals surface area contributed by atoms with Gasteiger partial charge in [0.1, 0.15) is 4.90 Å². The molecule has 90 valence electrons. The smallest absolute Gasteiger partial charge is 0.239 e. The Morgan fingerprint density at radius 2 is 2.12 bits per heavy atom. The summed E-state index contributed by atoms with van der Waals surface area (Å²) in [6, 6.07) is 3.33. The van der Waals surface area contributed by atoms with E-state index in [0.717, 1.165) is 0 Å². The summed E-state index contributed by atoms with van der Waals surface area (Å²) in [5.41, 5.74) is 0.347. The predicted octanol–water partition coefficient (Wildman–Crippen LogP) is 2.16. The Hall–Kier alpha value is -0.260. The van der Waals surface area contributed by atoms with Crippen LogP contribution in [0.2, 0.25) is 0 Å². The third-order valence-electron chi connectivity index (χ3n) is 1.88. The zero-order valence-electron chi connectivity index (χ0n) is 7.85. The van der Waals surface area contributed by atoms with E-state index in [0.29, 0.717) is 13.6 Å². The fraction of sp³-hybridized carbons (Fsp3) is 0. The summed E-state index contributed by atoms with van der Waals surface area (Å²) in [7, 11) is 1.51. The lowest BCUT2D eigenvalue weighted by atomic mass is 10.2. The monoisotopic (exact) mass is 448 g/mol. The van der Waals surface area contributed by atoms with Gasteiger partial charge >= 0.3 is 0 Å². The SMILES string of the molecule is O=S(=O)(Cl)c1c(Br)ccc(I)c1-c1nnn[nH]1. The van der Waals surface area contributed by atoms with Crippen molar-refractivity contribution < 1.29 is 8.42 Å². The van der Waals surface area contributed by atoms with Crippen LogP contribution in [0, 0.1) is 3.57 Å². The van der Waals surface area contributed by atoms with Crippen LogP contribution in [0.1, 0.15) is 0 Å². The molecule has 1 heterocycles. The third kappa shape index (κ3) is 2.61. The molecule has 10 heteroatoms. The van der Waals surface area contributed by atoms with Gasteiger partial charge in [0.05, 0.1) is 5.56 Å². The van der Waals surface area contributed by atoms with Crippen LogP contribution < -0.4 is 0 Å². The minimum Gasteiger partial charge on any atom is -0.239 e. The molecule has 2 aromatic rings. The normalized spacial score (nSPS) is 11.7. The van der Waals surface area contributed by atoms with E-state index >= 15 is 0 Å². The number of hydrogen-bond donors (Lipinski definition) is 1. The van der Waals surface area contributed by atoms with Gasteiger partial charge in [0.2, 0.25) is 0 Å². The average molecular weight is 449 g/mol. The third-order valence-corrected chi connectivity index (χ3v) is 5.08. The maximum absolute atomic E-state index is 11.6.